The number of benzene rings is 7. The summed E-state index contributed by atoms with van der Waals surface area (Å²) in [6, 6.07) is 58.6. The van der Waals surface area contributed by atoms with E-state index in [-0.39, 0.29) is 0 Å². The first kappa shape index (κ1) is 28.7. The largest absolute Gasteiger partial charge is 0.294 e. The molecule has 3 nitrogen and oxygen atoms in total. The van der Waals surface area contributed by atoms with Gasteiger partial charge in [0.1, 0.15) is 5.82 Å². The van der Waals surface area contributed by atoms with E-state index in [4.69, 9.17) is 9.97 Å². The molecule has 7 aromatic carbocycles. The van der Waals surface area contributed by atoms with Gasteiger partial charge in [0, 0.05) is 68.3 Å². The molecule has 0 bridgehead atoms. The smallest absolute Gasteiger partial charge is 0.163 e. The first-order chi connectivity index (χ1) is 25.3. The van der Waals surface area contributed by atoms with E-state index in [1.165, 1.54) is 56.7 Å². The number of nitrogens with zero attached hydrogens (tertiary/aromatic N) is 3. The number of rotatable bonds is 4. The van der Waals surface area contributed by atoms with Gasteiger partial charge in [-0.2, -0.15) is 0 Å². The number of fused-ring (bicyclic) bond motifs is 10. The minimum atomic E-state index is 0.721. The van der Waals surface area contributed by atoms with Gasteiger partial charge in [0.15, 0.2) is 5.82 Å². The Balaban J connectivity index is 1.22. The lowest BCUT2D eigenvalue weighted by atomic mass is 10.0. The fraction of sp³-hybridized carbons (Fsp3) is 0. The van der Waals surface area contributed by atoms with E-state index in [0.717, 1.165) is 45.1 Å². The minimum Gasteiger partial charge on any atom is -0.294 e. The standard InChI is InChI=1S/C46H27N3S2/c1-2-12-28(13-3-1)29-14-10-15-30(26-29)37-27-42(48-46(47-37)36-20-11-19-33-31-16-5-8-22-40(31)50-44(33)36)49-38-21-7-4-18-35(38)43-39(49)25-24-34-32-17-6-9-23-41(32)51-45(34)43/h1-27H. The Bertz CT molecular complexity index is 3150. The molecule has 0 unspecified atom stereocenters. The van der Waals surface area contributed by atoms with Gasteiger partial charge in [0.25, 0.3) is 0 Å². The van der Waals surface area contributed by atoms with Crippen molar-refractivity contribution in [1.82, 2.24) is 14.5 Å². The molecular formula is C46H27N3S2. The predicted octanol–water partition coefficient (Wildman–Crippen LogP) is 13.3. The molecule has 51 heavy (non-hydrogen) atoms. The quantitative estimate of drug-likeness (QED) is 0.185. The highest BCUT2D eigenvalue weighted by Gasteiger charge is 2.21. The fourth-order valence-corrected chi connectivity index (χ4v) is 10.2. The van der Waals surface area contributed by atoms with Crippen LogP contribution in [-0.2, 0) is 0 Å². The summed E-state index contributed by atoms with van der Waals surface area (Å²) < 4.78 is 7.42. The zero-order valence-electron chi connectivity index (χ0n) is 27.2. The van der Waals surface area contributed by atoms with E-state index in [2.05, 4.69) is 168 Å². The van der Waals surface area contributed by atoms with Crippen LogP contribution in [0.3, 0.4) is 0 Å². The third kappa shape index (κ3) is 4.42. The van der Waals surface area contributed by atoms with Gasteiger partial charge in [-0.15, -0.1) is 22.7 Å². The van der Waals surface area contributed by atoms with Crippen LogP contribution in [0.5, 0.6) is 0 Å². The molecule has 5 heteroatoms. The van der Waals surface area contributed by atoms with E-state index < -0.39 is 0 Å². The number of hydrogen-bond donors (Lipinski definition) is 0. The van der Waals surface area contributed by atoms with Crippen molar-refractivity contribution < 1.29 is 0 Å². The molecule has 0 aliphatic rings. The molecule has 11 aromatic rings. The van der Waals surface area contributed by atoms with Crippen LogP contribution in [0.2, 0.25) is 0 Å². The van der Waals surface area contributed by atoms with Crippen LogP contribution in [0.1, 0.15) is 0 Å². The van der Waals surface area contributed by atoms with Gasteiger partial charge in [-0.1, -0.05) is 121 Å². The van der Waals surface area contributed by atoms with Crippen LogP contribution in [0.4, 0.5) is 0 Å². The summed E-state index contributed by atoms with van der Waals surface area (Å²) in [7, 11) is 0. The summed E-state index contributed by atoms with van der Waals surface area (Å²) in [6.45, 7) is 0. The van der Waals surface area contributed by atoms with Crippen molar-refractivity contribution in [3.8, 4) is 39.6 Å². The van der Waals surface area contributed by atoms with Crippen LogP contribution < -0.4 is 0 Å². The Morgan fingerprint density at radius 3 is 1.86 bits per heavy atom. The number of para-hydroxylation sites is 1. The average Bonchev–Trinajstić information content (AvgIpc) is 3.88. The molecule has 0 atom stereocenters. The van der Waals surface area contributed by atoms with Gasteiger partial charge < -0.3 is 0 Å². The van der Waals surface area contributed by atoms with Crippen molar-refractivity contribution >= 4 is 84.8 Å². The van der Waals surface area contributed by atoms with Gasteiger partial charge in [-0.05, 0) is 47.5 Å². The highest BCUT2D eigenvalue weighted by Crippen LogP contribution is 2.44. The van der Waals surface area contributed by atoms with E-state index in [1.54, 1.807) is 0 Å². The summed E-state index contributed by atoms with van der Waals surface area (Å²) >= 11 is 3.68. The van der Waals surface area contributed by atoms with Crippen molar-refractivity contribution in [1.29, 1.82) is 0 Å². The van der Waals surface area contributed by atoms with Crippen LogP contribution in [0.15, 0.2) is 164 Å². The number of thiophene rings is 2. The molecule has 0 aliphatic carbocycles. The molecule has 0 N–H and O–H groups in total. The van der Waals surface area contributed by atoms with Crippen molar-refractivity contribution in [2.45, 2.75) is 0 Å². The number of aromatic nitrogens is 3. The van der Waals surface area contributed by atoms with Gasteiger partial charge in [-0.3, -0.25) is 4.57 Å². The van der Waals surface area contributed by atoms with Gasteiger partial charge >= 0.3 is 0 Å². The second-order valence-electron chi connectivity index (χ2n) is 12.9. The summed E-state index contributed by atoms with van der Waals surface area (Å²) in [5.41, 5.74) is 7.60. The Labute approximate surface area is 301 Å². The van der Waals surface area contributed by atoms with Gasteiger partial charge in [-0.25, -0.2) is 9.97 Å². The molecular weight excluding hydrogens is 659 g/mol. The summed E-state index contributed by atoms with van der Waals surface area (Å²) in [6.07, 6.45) is 0. The van der Waals surface area contributed by atoms with Crippen LogP contribution in [0, 0.1) is 0 Å². The highest BCUT2D eigenvalue weighted by molar-refractivity contribution is 7.27. The monoisotopic (exact) mass is 685 g/mol. The summed E-state index contributed by atoms with van der Waals surface area (Å²) in [4.78, 5) is 10.8. The second-order valence-corrected chi connectivity index (χ2v) is 15.1. The normalized spacial score (nSPS) is 11.9. The molecule has 0 spiro atoms. The highest BCUT2D eigenvalue weighted by atomic mass is 32.1. The van der Waals surface area contributed by atoms with Crippen molar-refractivity contribution in [2.24, 2.45) is 0 Å². The third-order valence-corrected chi connectivity index (χ3v) is 12.5. The van der Waals surface area contributed by atoms with E-state index in [1.807, 2.05) is 22.7 Å². The molecule has 0 amide bonds. The van der Waals surface area contributed by atoms with Crippen LogP contribution in [-0.4, -0.2) is 14.5 Å². The van der Waals surface area contributed by atoms with E-state index in [9.17, 15) is 0 Å². The predicted molar refractivity (Wildman–Crippen MR) is 218 cm³/mol. The van der Waals surface area contributed by atoms with Gasteiger partial charge in [0.2, 0.25) is 0 Å². The van der Waals surface area contributed by atoms with Crippen molar-refractivity contribution in [3.63, 3.8) is 0 Å². The Hall–Kier alpha value is -6.14. The van der Waals surface area contributed by atoms with Crippen LogP contribution >= 0.6 is 22.7 Å². The molecule has 0 saturated heterocycles. The molecule has 4 heterocycles. The zero-order chi connectivity index (χ0) is 33.5. The van der Waals surface area contributed by atoms with Crippen LogP contribution in [0.25, 0.3) is 102 Å². The lowest BCUT2D eigenvalue weighted by Gasteiger charge is -2.13. The van der Waals surface area contributed by atoms with E-state index >= 15 is 0 Å². The first-order valence-electron chi connectivity index (χ1n) is 17.1. The molecule has 0 radical (unpaired) electrons. The average molecular weight is 686 g/mol. The summed E-state index contributed by atoms with van der Waals surface area (Å²) in [5.74, 6) is 1.57. The Morgan fingerprint density at radius 1 is 0.412 bits per heavy atom. The maximum Gasteiger partial charge on any atom is 0.163 e. The topological polar surface area (TPSA) is 30.7 Å². The lowest BCUT2D eigenvalue weighted by molar-refractivity contribution is 1.05. The zero-order valence-corrected chi connectivity index (χ0v) is 28.9. The SMILES string of the molecule is c1ccc(-c2cccc(-c3cc(-n4c5ccccc5c5c6sc7ccccc7c6ccc54)nc(-c4cccc5c4sc4ccccc45)n3)c2)cc1. The van der Waals surface area contributed by atoms with Crippen molar-refractivity contribution in [3.05, 3.63) is 164 Å². The first-order valence-corrected chi connectivity index (χ1v) is 18.7. The summed E-state index contributed by atoms with van der Waals surface area (Å²) in [5, 5.41) is 7.59. The molecule has 0 aliphatic heterocycles. The molecule has 0 fully saturated rings. The number of hydrogen-bond acceptors (Lipinski definition) is 4. The molecule has 11 rings (SSSR count). The maximum atomic E-state index is 5.46. The molecule has 4 aromatic heterocycles. The fourth-order valence-electron chi connectivity index (χ4n) is 7.71. The second kappa shape index (κ2) is 11.2. The Kier molecular flexibility index (Phi) is 6.29. The van der Waals surface area contributed by atoms with E-state index in [0.29, 0.717) is 0 Å². The molecule has 238 valence electrons. The molecule has 0 saturated carbocycles. The lowest BCUT2D eigenvalue weighted by Crippen LogP contribution is -2.02. The Morgan fingerprint density at radius 2 is 1.04 bits per heavy atom. The van der Waals surface area contributed by atoms with Gasteiger partial charge in [0.05, 0.1) is 16.7 Å². The van der Waals surface area contributed by atoms with Crippen molar-refractivity contribution in [2.75, 3.05) is 0 Å². The third-order valence-electron chi connectivity index (χ3n) is 10.0. The minimum absolute atomic E-state index is 0.721. The maximum absolute atomic E-state index is 5.46.